The summed E-state index contributed by atoms with van der Waals surface area (Å²) in [5, 5.41) is 2.63. The van der Waals surface area contributed by atoms with Gasteiger partial charge in [0.15, 0.2) is 6.10 Å². The summed E-state index contributed by atoms with van der Waals surface area (Å²) in [7, 11) is 0. The first kappa shape index (κ1) is 10.9. The molecule has 0 atom stereocenters. The van der Waals surface area contributed by atoms with Crippen LogP contribution in [0.2, 0.25) is 0 Å². The van der Waals surface area contributed by atoms with Gasteiger partial charge in [-0.15, -0.1) is 0 Å². The van der Waals surface area contributed by atoms with Crippen molar-refractivity contribution in [3.05, 3.63) is 29.8 Å². The minimum atomic E-state index is -0.450. The van der Waals surface area contributed by atoms with Crippen LogP contribution in [0.4, 0.5) is 10.5 Å². The Morgan fingerprint density at radius 2 is 2.12 bits per heavy atom. The van der Waals surface area contributed by atoms with Crippen LogP contribution in [-0.4, -0.2) is 25.4 Å². The van der Waals surface area contributed by atoms with E-state index in [1.54, 1.807) is 12.1 Å². The van der Waals surface area contributed by atoms with Gasteiger partial charge in [0.2, 0.25) is 0 Å². The fourth-order valence-corrected chi connectivity index (χ4v) is 1.30. The standard InChI is InChI=1S/C11H14N2O3/c12-5-8-1-3-9(4-2-8)13-11(14)16-10-6-15-7-10/h1-4,10H,5-7,12H2,(H,13,14). The van der Waals surface area contributed by atoms with Gasteiger partial charge >= 0.3 is 6.09 Å². The molecule has 5 heteroatoms. The summed E-state index contributed by atoms with van der Waals surface area (Å²) in [6, 6.07) is 7.31. The maximum Gasteiger partial charge on any atom is 0.412 e. The van der Waals surface area contributed by atoms with E-state index in [0.717, 1.165) is 5.56 Å². The molecule has 0 aliphatic carbocycles. The van der Waals surface area contributed by atoms with E-state index in [9.17, 15) is 4.79 Å². The molecule has 0 unspecified atom stereocenters. The van der Waals surface area contributed by atoms with Crippen molar-refractivity contribution >= 4 is 11.8 Å². The third-order valence-electron chi connectivity index (χ3n) is 2.32. The Kier molecular flexibility index (Phi) is 3.38. The predicted octanol–water partition coefficient (Wildman–Crippen LogP) is 1.09. The van der Waals surface area contributed by atoms with E-state index >= 15 is 0 Å². The summed E-state index contributed by atoms with van der Waals surface area (Å²) in [5.74, 6) is 0. The molecule has 1 aromatic rings. The van der Waals surface area contributed by atoms with Crippen molar-refractivity contribution in [2.45, 2.75) is 12.6 Å². The highest BCUT2D eigenvalue weighted by atomic mass is 16.6. The molecule has 1 heterocycles. The van der Waals surface area contributed by atoms with Crippen LogP contribution in [0.25, 0.3) is 0 Å². The fourth-order valence-electron chi connectivity index (χ4n) is 1.30. The number of anilines is 1. The summed E-state index contributed by atoms with van der Waals surface area (Å²) >= 11 is 0. The van der Waals surface area contributed by atoms with Gasteiger partial charge in [0.25, 0.3) is 0 Å². The molecule has 1 amide bonds. The van der Waals surface area contributed by atoms with Crippen LogP contribution >= 0.6 is 0 Å². The Labute approximate surface area is 93.5 Å². The van der Waals surface area contributed by atoms with Crippen molar-refractivity contribution in [2.24, 2.45) is 5.73 Å². The predicted molar refractivity (Wildman–Crippen MR) is 59.0 cm³/mol. The van der Waals surface area contributed by atoms with Gasteiger partial charge in [0.1, 0.15) is 0 Å². The van der Waals surface area contributed by atoms with E-state index in [2.05, 4.69) is 5.32 Å². The van der Waals surface area contributed by atoms with Gasteiger partial charge in [-0.1, -0.05) is 12.1 Å². The second-order valence-corrected chi connectivity index (χ2v) is 3.59. The topological polar surface area (TPSA) is 73.6 Å². The van der Waals surface area contributed by atoms with Crippen molar-refractivity contribution in [3.8, 4) is 0 Å². The van der Waals surface area contributed by atoms with E-state index in [1.165, 1.54) is 0 Å². The van der Waals surface area contributed by atoms with Gasteiger partial charge in [0, 0.05) is 12.2 Å². The lowest BCUT2D eigenvalue weighted by Gasteiger charge is -2.25. The number of carbonyl (C=O) groups excluding carboxylic acids is 1. The zero-order chi connectivity index (χ0) is 11.4. The maximum atomic E-state index is 11.4. The molecule has 1 aliphatic heterocycles. The first-order valence-corrected chi connectivity index (χ1v) is 5.12. The van der Waals surface area contributed by atoms with E-state index in [4.69, 9.17) is 15.2 Å². The second kappa shape index (κ2) is 4.96. The first-order valence-electron chi connectivity index (χ1n) is 5.12. The molecule has 16 heavy (non-hydrogen) atoms. The van der Waals surface area contributed by atoms with E-state index in [-0.39, 0.29) is 6.10 Å². The van der Waals surface area contributed by atoms with Crippen LogP contribution < -0.4 is 11.1 Å². The molecule has 0 radical (unpaired) electrons. The number of nitrogens with one attached hydrogen (secondary N) is 1. The van der Waals surface area contributed by atoms with Crippen LogP contribution in [-0.2, 0) is 16.0 Å². The van der Waals surface area contributed by atoms with Crippen molar-refractivity contribution in [2.75, 3.05) is 18.5 Å². The average Bonchev–Trinajstić information content (AvgIpc) is 2.25. The van der Waals surface area contributed by atoms with Gasteiger partial charge in [-0.05, 0) is 17.7 Å². The average molecular weight is 222 g/mol. The molecule has 0 saturated carbocycles. The van der Waals surface area contributed by atoms with Crippen molar-refractivity contribution in [1.29, 1.82) is 0 Å². The summed E-state index contributed by atoms with van der Waals surface area (Å²) < 4.78 is 9.94. The lowest BCUT2D eigenvalue weighted by Crippen LogP contribution is -2.38. The molecular formula is C11H14N2O3. The summed E-state index contributed by atoms with van der Waals surface area (Å²) in [5.41, 5.74) is 7.18. The molecule has 3 N–H and O–H groups in total. The van der Waals surface area contributed by atoms with E-state index < -0.39 is 6.09 Å². The van der Waals surface area contributed by atoms with Gasteiger partial charge in [-0.2, -0.15) is 0 Å². The highest BCUT2D eigenvalue weighted by Crippen LogP contribution is 2.11. The van der Waals surface area contributed by atoms with Gasteiger partial charge < -0.3 is 15.2 Å². The number of hydrogen-bond acceptors (Lipinski definition) is 4. The Morgan fingerprint density at radius 3 is 2.62 bits per heavy atom. The Bertz CT molecular complexity index is 360. The van der Waals surface area contributed by atoms with Crippen LogP contribution in [0.5, 0.6) is 0 Å². The molecule has 1 aromatic carbocycles. The van der Waals surface area contributed by atoms with E-state index in [1.807, 2.05) is 12.1 Å². The number of amides is 1. The van der Waals surface area contributed by atoms with E-state index in [0.29, 0.717) is 25.4 Å². The SMILES string of the molecule is NCc1ccc(NC(=O)OC2COC2)cc1. The summed E-state index contributed by atoms with van der Waals surface area (Å²) in [6.45, 7) is 1.46. The van der Waals surface area contributed by atoms with Gasteiger partial charge in [0.05, 0.1) is 13.2 Å². The Hall–Kier alpha value is -1.59. The molecule has 1 aliphatic rings. The molecule has 1 fully saturated rings. The molecule has 0 bridgehead atoms. The molecule has 0 spiro atoms. The normalized spacial score (nSPS) is 15.3. The quantitative estimate of drug-likeness (QED) is 0.803. The number of hydrogen-bond donors (Lipinski definition) is 2. The molecule has 2 rings (SSSR count). The van der Waals surface area contributed by atoms with Crippen LogP contribution in [0, 0.1) is 0 Å². The van der Waals surface area contributed by atoms with Crippen LogP contribution in [0.3, 0.4) is 0 Å². The van der Waals surface area contributed by atoms with Crippen LogP contribution in [0.15, 0.2) is 24.3 Å². The monoisotopic (exact) mass is 222 g/mol. The lowest BCUT2D eigenvalue weighted by atomic mass is 10.2. The lowest BCUT2D eigenvalue weighted by molar-refractivity contribution is -0.0951. The minimum absolute atomic E-state index is 0.108. The van der Waals surface area contributed by atoms with Gasteiger partial charge in [-0.3, -0.25) is 5.32 Å². The fraction of sp³-hybridized carbons (Fsp3) is 0.364. The highest BCUT2D eigenvalue weighted by molar-refractivity contribution is 5.84. The third-order valence-corrected chi connectivity index (χ3v) is 2.32. The molecule has 0 aromatic heterocycles. The highest BCUT2D eigenvalue weighted by Gasteiger charge is 2.22. The Morgan fingerprint density at radius 1 is 1.44 bits per heavy atom. The Balaban J connectivity index is 1.84. The zero-order valence-corrected chi connectivity index (χ0v) is 8.81. The smallest absolute Gasteiger partial charge is 0.412 e. The zero-order valence-electron chi connectivity index (χ0n) is 8.81. The molecule has 5 nitrogen and oxygen atoms in total. The van der Waals surface area contributed by atoms with Crippen molar-refractivity contribution in [3.63, 3.8) is 0 Å². The summed E-state index contributed by atoms with van der Waals surface area (Å²) in [4.78, 5) is 11.4. The summed E-state index contributed by atoms with van der Waals surface area (Å²) in [6.07, 6.45) is -0.558. The van der Waals surface area contributed by atoms with Crippen molar-refractivity contribution < 1.29 is 14.3 Å². The number of rotatable bonds is 3. The minimum Gasteiger partial charge on any atom is -0.441 e. The largest absolute Gasteiger partial charge is 0.441 e. The van der Waals surface area contributed by atoms with Crippen LogP contribution in [0.1, 0.15) is 5.56 Å². The molecule has 86 valence electrons. The number of nitrogens with two attached hydrogens (primary N) is 1. The van der Waals surface area contributed by atoms with Crippen molar-refractivity contribution in [1.82, 2.24) is 0 Å². The van der Waals surface area contributed by atoms with Gasteiger partial charge in [-0.25, -0.2) is 4.79 Å². The molecule has 1 saturated heterocycles. The number of carbonyl (C=O) groups is 1. The number of benzene rings is 1. The third kappa shape index (κ3) is 2.71. The molecular weight excluding hydrogens is 208 g/mol. The maximum absolute atomic E-state index is 11.4. The second-order valence-electron chi connectivity index (χ2n) is 3.59. The number of ether oxygens (including phenoxy) is 2. The first-order chi connectivity index (χ1) is 7.78.